The third-order valence-corrected chi connectivity index (χ3v) is 3.91. The smallest absolute Gasteiger partial charge is 0.0805 e. The van der Waals surface area contributed by atoms with Crippen LogP contribution in [-0.2, 0) is 0 Å². The maximum absolute atomic E-state index is 5.87. The number of thioether (sulfide) groups is 1. The molecule has 1 aromatic rings. The highest BCUT2D eigenvalue weighted by Crippen LogP contribution is 2.41. The largest absolute Gasteiger partial charge is 0.128 e. The molecule has 0 fully saturated rings. The van der Waals surface area contributed by atoms with Gasteiger partial charge in [-0.1, -0.05) is 46.4 Å². The third kappa shape index (κ3) is 1.97. The van der Waals surface area contributed by atoms with Crippen molar-refractivity contribution >= 4 is 58.2 Å². The van der Waals surface area contributed by atoms with Gasteiger partial charge in [-0.25, -0.2) is 0 Å². The Labute approximate surface area is 95.1 Å². The Hall–Kier alpha value is 0.730. The first-order chi connectivity index (χ1) is 5.57. The molecular formula is C7H4Cl4S. The van der Waals surface area contributed by atoms with Gasteiger partial charge in [0.05, 0.1) is 20.1 Å². The van der Waals surface area contributed by atoms with E-state index in [1.54, 1.807) is 6.07 Å². The molecule has 0 saturated heterocycles. The fraction of sp³-hybridized carbons (Fsp3) is 0.143. The maximum atomic E-state index is 5.87. The molecule has 12 heavy (non-hydrogen) atoms. The fourth-order valence-electron chi connectivity index (χ4n) is 0.700. The zero-order valence-electron chi connectivity index (χ0n) is 6.00. The molecule has 0 spiro atoms. The number of hydrogen-bond acceptors (Lipinski definition) is 1. The van der Waals surface area contributed by atoms with Gasteiger partial charge in [0.1, 0.15) is 0 Å². The summed E-state index contributed by atoms with van der Waals surface area (Å²) in [5.74, 6) is 0. The van der Waals surface area contributed by atoms with Crippen LogP contribution in [0, 0.1) is 0 Å². The Morgan fingerprint density at radius 2 is 1.58 bits per heavy atom. The van der Waals surface area contributed by atoms with Crippen molar-refractivity contribution in [2.24, 2.45) is 0 Å². The summed E-state index contributed by atoms with van der Waals surface area (Å²) >= 11 is 24.7. The lowest BCUT2D eigenvalue weighted by Crippen LogP contribution is -1.78. The summed E-state index contributed by atoms with van der Waals surface area (Å²) in [4.78, 5) is 0.830. The molecule has 0 atom stereocenters. The lowest BCUT2D eigenvalue weighted by Gasteiger charge is -2.05. The maximum Gasteiger partial charge on any atom is 0.0805 e. The number of rotatable bonds is 1. The SMILES string of the molecule is CSc1cc(Cl)c(Cl)c(Cl)c1Cl. The van der Waals surface area contributed by atoms with Crippen LogP contribution in [0.3, 0.4) is 0 Å². The first-order valence-electron chi connectivity index (χ1n) is 2.95. The van der Waals surface area contributed by atoms with Gasteiger partial charge >= 0.3 is 0 Å². The number of benzene rings is 1. The molecule has 0 aliphatic rings. The quantitative estimate of drug-likeness (QED) is 0.389. The zero-order chi connectivity index (χ0) is 9.30. The molecule has 0 saturated carbocycles. The number of halogens is 4. The van der Waals surface area contributed by atoms with Crippen molar-refractivity contribution in [2.75, 3.05) is 6.26 Å². The summed E-state index contributed by atoms with van der Waals surface area (Å²) in [5.41, 5.74) is 0. The summed E-state index contributed by atoms with van der Waals surface area (Å²) in [7, 11) is 0. The van der Waals surface area contributed by atoms with Crippen LogP contribution >= 0.6 is 58.2 Å². The van der Waals surface area contributed by atoms with E-state index in [9.17, 15) is 0 Å². The topological polar surface area (TPSA) is 0 Å². The summed E-state index contributed by atoms with van der Waals surface area (Å²) < 4.78 is 0. The normalized spacial score (nSPS) is 10.4. The monoisotopic (exact) mass is 260 g/mol. The molecule has 0 aromatic heterocycles. The minimum Gasteiger partial charge on any atom is -0.128 e. The summed E-state index contributed by atoms with van der Waals surface area (Å²) in [6.07, 6.45) is 1.89. The molecule has 0 aliphatic carbocycles. The standard InChI is InChI=1S/C7H4Cl4S/c1-12-4-2-3(8)5(9)7(11)6(4)10/h2H,1H3. The second-order valence-corrected chi connectivity index (χ2v) is 4.39. The van der Waals surface area contributed by atoms with Crippen LogP contribution < -0.4 is 0 Å². The van der Waals surface area contributed by atoms with Gasteiger partial charge in [-0.2, -0.15) is 0 Å². The van der Waals surface area contributed by atoms with Gasteiger partial charge < -0.3 is 0 Å². The number of hydrogen-bond donors (Lipinski definition) is 0. The predicted octanol–water partition coefficient (Wildman–Crippen LogP) is 5.02. The summed E-state index contributed by atoms with van der Waals surface area (Å²) in [6.45, 7) is 0. The van der Waals surface area contributed by atoms with Crippen LogP contribution in [-0.4, -0.2) is 6.26 Å². The Bertz CT molecular complexity index is 311. The highest BCUT2D eigenvalue weighted by Gasteiger charge is 2.11. The lowest BCUT2D eigenvalue weighted by atomic mass is 10.3. The van der Waals surface area contributed by atoms with Gasteiger partial charge in [-0.3, -0.25) is 0 Å². The molecule has 0 N–H and O–H groups in total. The first-order valence-corrected chi connectivity index (χ1v) is 5.68. The van der Waals surface area contributed by atoms with E-state index in [1.165, 1.54) is 11.8 Å². The van der Waals surface area contributed by atoms with Crippen LogP contribution in [0.15, 0.2) is 11.0 Å². The second-order valence-electron chi connectivity index (χ2n) is 2.00. The van der Waals surface area contributed by atoms with Crippen LogP contribution in [0.2, 0.25) is 20.1 Å². The third-order valence-electron chi connectivity index (χ3n) is 1.29. The van der Waals surface area contributed by atoms with Crippen molar-refractivity contribution in [3.05, 3.63) is 26.2 Å². The van der Waals surface area contributed by atoms with Crippen molar-refractivity contribution in [2.45, 2.75) is 4.90 Å². The summed E-state index contributed by atoms with van der Waals surface area (Å²) in [6, 6.07) is 1.70. The highest BCUT2D eigenvalue weighted by atomic mass is 35.5. The van der Waals surface area contributed by atoms with E-state index in [4.69, 9.17) is 46.4 Å². The minimum atomic E-state index is 0.307. The van der Waals surface area contributed by atoms with E-state index >= 15 is 0 Å². The highest BCUT2D eigenvalue weighted by molar-refractivity contribution is 7.98. The molecule has 66 valence electrons. The van der Waals surface area contributed by atoms with Gasteiger partial charge in [-0.05, 0) is 12.3 Å². The zero-order valence-corrected chi connectivity index (χ0v) is 9.84. The van der Waals surface area contributed by atoms with Crippen molar-refractivity contribution in [1.82, 2.24) is 0 Å². The van der Waals surface area contributed by atoms with Crippen molar-refractivity contribution in [3.8, 4) is 0 Å². The molecule has 0 aliphatic heterocycles. The van der Waals surface area contributed by atoms with Gasteiger partial charge in [0.15, 0.2) is 0 Å². The molecule has 0 heterocycles. The second kappa shape index (κ2) is 4.30. The van der Waals surface area contributed by atoms with E-state index in [1.807, 2.05) is 6.26 Å². The van der Waals surface area contributed by atoms with Crippen LogP contribution in [0.1, 0.15) is 0 Å². The van der Waals surface area contributed by atoms with Crippen molar-refractivity contribution in [1.29, 1.82) is 0 Å². The van der Waals surface area contributed by atoms with Crippen molar-refractivity contribution < 1.29 is 0 Å². The lowest BCUT2D eigenvalue weighted by molar-refractivity contribution is 1.47. The van der Waals surface area contributed by atoms with Gasteiger partial charge in [-0.15, -0.1) is 11.8 Å². The van der Waals surface area contributed by atoms with E-state index in [-0.39, 0.29) is 0 Å². The van der Waals surface area contributed by atoms with Crippen LogP contribution in [0.25, 0.3) is 0 Å². The minimum absolute atomic E-state index is 0.307. The van der Waals surface area contributed by atoms with E-state index in [0.717, 1.165) is 4.90 Å². The molecule has 0 bridgehead atoms. The fourth-order valence-corrected chi connectivity index (χ4v) is 2.37. The Morgan fingerprint density at radius 1 is 1.00 bits per heavy atom. The first kappa shape index (κ1) is 10.8. The molecule has 5 heteroatoms. The molecular weight excluding hydrogens is 258 g/mol. The molecule has 1 rings (SSSR count). The Kier molecular flexibility index (Phi) is 3.87. The van der Waals surface area contributed by atoms with Crippen LogP contribution in [0.4, 0.5) is 0 Å². The molecule has 0 radical (unpaired) electrons. The van der Waals surface area contributed by atoms with Gasteiger partial charge in [0.25, 0.3) is 0 Å². The molecule has 0 amide bonds. The summed E-state index contributed by atoms with van der Waals surface area (Å²) in [5, 5.41) is 1.50. The van der Waals surface area contributed by atoms with Crippen LogP contribution in [0.5, 0.6) is 0 Å². The van der Waals surface area contributed by atoms with Crippen molar-refractivity contribution in [3.63, 3.8) is 0 Å². The van der Waals surface area contributed by atoms with E-state index in [0.29, 0.717) is 20.1 Å². The molecule has 0 nitrogen and oxygen atoms in total. The molecule has 0 unspecified atom stereocenters. The average Bonchev–Trinajstić information content (AvgIpc) is 2.08. The predicted molar refractivity (Wildman–Crippen MR) is 58.3 cm³/mol. The van der Waals surface area contributed by atoms with E-state index in [2.05, 4.69) is 0 Å². The molecule has 1 aromatic carbocycles. The van der Waals surface area contributed by atoms with Gasteiger partial charge in [0, 0.05) is 4.90 Å². The Balaban J connectivity index is 3.39. The average molecular weight is 262 g/mol. The van der Waals surface area contributed by atoms with E-state index < -0.39 is 0 Å². The van der Waals surface area contributed by atoms with Gasteiger partial charge in [0.2, 0.25) is 0 Å². The Morgan fingerprint density at radius 3 is 2.08 bits per heavy atom.